The molecule has 0 aliphatic heterocycles. The summed E-state index contributed by atoms with van der Waals surface area (Å²) < 4.78 is 29.3. The van der Waals surface area contributed by atoms with E-state index in [1.165, 1.54) is 12.3 Å². The highest BCUT2D eigenvalue weighted by atomic mass is 32.2. The third kappa shape index (κ3) is 3.27. The Morgan fingerprint density at radius 2 is 1.90 bits per heavy atom. The topological polar surface area (TPSA) is 84.6 Å². The van der Waals surface area contributed by atoms with E-state index in [2.05, 4.69) is 0 Å². The van der Waals surface area contributed by atoms with Crippen LogP contribution in [0.3, 0.4) is 0 Å². The van der Waals surface area contributed by atoms with E-state index in [-0.39, 0.29) is 17.1 Å². The van der Waals surface area contributed by atoms with E-state index in [9.17, 15) is 13.2 Å². The van der Waals surface area contributed by atoms with E-state index >= 15 is 0 Å². The molecule has 5 nitrogen and oxygen atoms in total. The summed E-state index contributed by atoms with van der Waals surface area (Å²) in [5.41, 5.74) is 1.48. The number of aromatic carboxylic acids is 1. The van der Waals surface area contributed by atoms with Gasteiger partial charge in [-0.3, -0.25) is 0 Å². The first-order valence-corrected chi connectivity index (χ1v) is 7.76. The van der Waals surface area contributed by atoms with Crippen molar-refractivity contribution in [3.05, 3.63) is 59.0 Å². The Bertz CT molecular complexity index is 728. The largest absolute Gasteiger partial charge is 0.478 e. The van der Waals surface area contributed by atoms with Gasteiger partial charge in [0.15, 0.2) is 9.84 Å². The van der Waals surface area contributed by atoms with Gasteiger partial charge in [0.05, 0.1) is 12.0 Å². The van der Waals surface area contributed by atoms with Gasteiger partial charge in [0.25, 0.3) is 0 Å². The van der Waals surface area contributed by atoms with Crippen LogP contribution in [-0.4, -0.2) is 19.5 Å². The van der Waals surface area contributed by atoms with Crippen molar-refractivity contribution in [2.45, 2.75) is 18.4 Å². The third-order valence-electron chi connectivity index (χ3n) is 2.96. The summed E-state index contributed by atoms with van der Waals surface area (Å²) in [5.74, 6) is -1.79. The highest BCUT2D eigenvalue weighted by Gasteiger charge is 2.21. The van der Waals surface area contributed by atoms with Gasteiger partial charge in [0.1, 0.15) is 17.1 Å². The highest BCUT2D eigenvalue weighted by molar-refractivity contribution is 7.89. The normalized spacial score (nSPS) is 11.4. The molecule has 0 aliphatic carbocycles. The predicted octanol–water partition coefficient (Wildman–Crippen LogP) is 2.40. The number of hydrogen-bond donors (Lipinski definition) is 1. The Kier molecular flexibility index (Phi) is 3.94. The number of hydrogen-bond acceptors (Lipinski definition) is 4. The van der Waals surface area contributed by atoms with Crippen molar-refractivity contribution >= 4 is 15.8 Å². The van der Waals surface area contributed by atoms with Crippen molar-refractivity contribution in [3.63, 3.8) is 0 Å². The third-order valence-corrected chi connectivity index (χ3v) is 4.42. The number of aryl methyl sites for hydroxylation is 1. The molecule has 0 atom stereocenters. The molecule has 106 valence electrons. The van der Waals surface area contributed by atoms with Gasteiger partial charge in [-0.15, -0.1) is 0 Å². The van der Waals surface area contributed by atoms with E-state index in [4.69, 9.17) is 9.52 Å². The summed E-state index contributed by atoms with van der Waals surface area (Å²) >= 11 is 0. The average Bonchev–Trinajstić information content (AvgIpc) is 2.79. The first-order chi connectivity index (χ1) is 9.39. The summed E-state index contributed by atoms with van der Waals surface area (Å²) in [4.78, 5) is 10.9. The smallest absolute Gasteiger partial charge is 0.339 e. The maximum absolute atomic E-state index is 12.1. The van der Waals surface area contributed by atoms with Crippen LogP contribution in [0.15, 0.2) is 41.0 Å². The number of rotatable bonds is 5. The zero-order valence-electron chi connectivity index (χ0n) is 10.9. The van der Waals surface area contributed by atoms with Gasteiger partial charge in [-0.1, -0.05) is 24.3 Å². The van der Waals surface area contributed by atoms with Crippen LogP contribution >= 0.6 is 0 Å². The summed E-state index contributed by atoms with van der Waals surface area (Å²) in [5, 5.41) is 8.93. The van der Waals surface area contributed by atoms with Gasteiger partial charge < -0.3 is 9.52 Å². The lowest BCUT2D eigenvalue weighted by atomic mass is 10.1. The van der Waals surface area contributed by atoms with Crippen molar-refractivity contribution in [1.82, 2.24) is 0 Å². The van der Waals surface area contributed by atoms with Crippen LogP contribution in [0, 0.1) is 6.92 Å². The summed E-state index contributed by atoms with van der Waals surface area (Å²) in [6.45, 7) is 1.83. The standard InChI is InChI=1S/C14H14O5S/c1-10-4-2-3-5-11(10)8-20(17,18)9-13-12(14(15)16)6-7-19-13/h2-7H,8-9H2,1H3,(H,15,16). The lowest BCUT2D eigenvalue weighted by Gasteiger charge is -2.06. The Morgan fingerprint density at radius 3 is 2.55 bits per heavy atom. The van der Waals surface area contributed by atoms with Crippen LogP contribution < -0.4 is 0 Å². The fourth-order valence-electron chi connectivity index (χ4n) is 1.90. The fourth-order valence-corrected chi connectivity index (χ4v) is 3.43. The first-order valence-electron chi connectivity index (χ1n) is 5.93. The van der Waals surface area contributed by atoms with Gasteiger partial charge in [-0.25, -0.2) is 13.2 Å². The maximum atomic E-state index is 12.1. The minimum Gasteiger partial charge on any atom is -0.478 e. The first kappa shape index (κ1) is 14.3. The van der Waals surface area contributed by atoms with Gasteiger partial charge >= 0.3 is 5.97 Å². The second-order valence-corrected chi connectivity index (χ2v) is 6.59. The summed E-state index contributed by atoms with van der Waals surface area (Å²) in [6.07, 6.45) is 1.18. The van der Waals surface area contributed by atoms with E-state index in [0.717, 1.165) is 5.56 Å². The molecule has 6 heteroatoms. The fraction of sp³-hybridized carbons (Fsp3) is 0.214. The molecule has 0 bridgehead atoms. The van der Waals surface area contributed by atoms with Gasteiger partial charge in [0, 0.05) is 0 Å². The maximum Gasteiger partial charge on any atom is 0.339 e. The molecule has 0 spiro atoms. The van der Waals surface area contributed by atoms with Gasteiger partial charge in [-0.05, 0) is 24.1 Å². The predicted molar refractivity (Wildman–Crippen MR) is 73.2 cm³/mol. The number of sulfone groups is 1. The van der Waals surface area contributed by atoms with Gasteiger partial charge in [-0.2, -0.15) is 0 Å². The lowest BCUT2D eigenvalue weighted by molar-refractivity contribution is 0.0695. The molecule has 1 aromatic heterocycles. The Balaban J connectivity index is 2.22. The van der Waals surface area contributed by atoms with Crippen LogP contribution in [0.25, 0.3) is 0 Å². The minimum atomic E-state index is -3.49. The van der Waals surface area contributed by atoms with Crippen molar-refractivity contribution in [2.75, 3.05) is 0 Å². The molecule has 0 unspecified atom stereocenters. The van der Waals surface area contributed by atoms with E-state index in [0.29, 0.717) is 5.56 Å². The van der Waals surface area contributed by atoms with Crippen molar-refractivity contribution in [2.24, 2.45) is 0 Å². The molecule has 0 saturated carbocycles. The van der Waals surface area contributed by atoms with Crippen molar-refractivity contribution in [3.8, 4) is 0 Å². The molecule has 0 amide bonds. The number of carboxylic acid groups (broad SMARTS) is 1. The lowest BCUT2D eigenvalue weighted by Crippen LogP contribution is -2.10. The zero-order valence-corrected chi connectivity index (χ0v) is 11.7. The molecule has 1 aromatic carbocycles. The van der Waals surface area contributed by atoms with Crippen LogP contribution in [0.2, 0.25) is 0 Å². The quantitative estimate of drug-likeness (QED) is 0.915. The second kappa shape index (κ2) is 5.50. The average molecular weight is 294 g/mol. The van der Waals surface area contributed by atoms with E-state index < -0.39 is 21.6 Å². The second-order valence-electron chi connectivity index (χ2n) is 4.52. The van der Waals surface area contributed by atoms with Gasteiger partial charge in [0.2, 0.25) is 0 Å². The Labute approximate surface area is 116 Å². The van der Waals surface area contributed by atoms with E-state index in [1.54, 1.807) is 12.1 Å². The monoisotopic (exact) mass is 294 g/mol. The Morgan fingerprint density at radius 1 is 1.20 bits per heavy atom. The van der Waals surface area contributed by atoms with Crippen LogP contribution in [0.4, 0.5) is 0 Å². The molecule has 1 heterocycles. The van der Waals surface area contributed by atoms with E-state index in [1.807, 2.05) is 19.1 Å². The molecule has 2 rings (SSSR count). The van der Waals surface area contributed by atoms with Crippen molar-refractivity contribution in [1.29, 1.82) is 0 Å². The molecule has 0 radical (unpaired) electrons. The number of benzene rings is 1. The molecule has 0 fully saturated rings. The zero-order chi connectivity index (χ0) is 14.8. The molecule has 0 saturated heterocycles. The minimum absolute atomic E-state index is 0.0360. The summed E-state index contributed by atoms with van der Waals surface area (Å²) in [7, 11) is -3.49. The van der Waals surface area contributed by atoms with Crippen LogP contribution in [0.5, 0.6) is 0 Å². The molecular formula is C14H14O5S. The highest BCUT2D eigenvalue weighted by Crippen LogP contribution is 2.18. The van der Waals surface area contributed by atoms with Crippen molar-refractivity contribution < 1.29 is 22.7 Å². The molecule has 1 N–H and O–H groups in total. The molecule has 0 aliphatic rings. The van der Waals surface area contributed by atoms with Crippen LogP contribution in [0.1, 0.15) is 27.2 Å². The Hall–Kier alpha value is -2.08. The molecule has 2 aromatic rings. The molecular weight excluding hydrogens is 280 g/mol. The SMILES string of the molecule is Cc1ccccc1CS(=O)(=O)Cc1occc1C(=O)O. The van der Waals surface area contributed by atoms with Crippen LogP contribution in [-0.2, 0) is 21.3 Å². The number of furan rings is 1. The number of carbonyl (C=O) groups is 1. The molecule has 20 heavy (non-hydrogen) atoms. The summed E-state index contributed by atoms with van der Waals surface area (Å²) in [6, 6.07) is 8.43. The number of carboxylic acids is 1.